The Kier molecular flexibility index (Phi) is 9.67. The maximum atomic E-state index is 13.7. The molecule has 196 valence electrons. The van der Waals surface area contributed by atoms with Gasteiger partial charge >= 0.3 is 0 Å². The van der Waals surface area contributed by atoms with Gasteiger partial charge in [-0.1, -0.05) is 47.5 Å². The highest BCUT2D eigenvalue weighted by molar-refractivity contribution is 6.11. The number of carbonyl (C=O) groups excluding carboxylic acids is 1. The molecular weight excluding hydrogens is 458 g/mol. The zero-order chi connectivity index (χ0) is 27.1. The van der Waals surface area contributed by atoms with E-state index in [0.717, 1.165) is 53.3 Å². The number of methoxy groups -OCH3 is 1. The normalized spacial score (nSPS) is 11.5. The van der Waals surface area contributed by atoms with Crippen LogP contribution in [0.5, 0.6) is 5.75 Å². The van der Waals surface area contributed by atoms with Crippen LogP contribution in [0, 0.1) is 13.8 Å². The number of hydrogen-bond donors (Lipinski definition) is 0. The summed E-state index contributed by atoms with van der Waals surface area (Å²) >= 11 is 0. The molecule has 0 aliphatic heterocycles. The summed E-state index contributed by atoms with van der Waals surface area (Å²) < 4.78 is 5.42. The Hall–Kier alpha value is -3.41. The Morgan fingerprint density at radius 1 is 0.811 bits per heavy atom. The van der Waals surface area contributed by atoms with Gasteiger partial charge in [0.15, 0.2) is 5.78 Å². The fourth-order valence-electron chi connectivity index (χ4n) is 4.46. The van der Waals surface area contributed by atoms with E-state index >= 15 is 0 Å². The van der Waals surface area contributed by atoms with Crippen LogP contribution in [0.3, 0.4) is 0 Å². The molecule has 3 rings (SSSR count). The average molecular weight is 500 g/mol. The smallest absolute Gasteiger partial charge is 0.187 e. The van der Waals surface area contributed by atoms with E-state index in [-0.39, 0.29) is 5.78 Å². The molecule has 0 amide bonds. The highest BCUT2D eigenvalue weighted by Crippen LogP contribution is 2.30. The van der Waals surface area contributed by atoms with Gasteiger partial charge in [0.25, 0.3) is 0 Å². The number of allylic oxidation sites excluding steroid dienone is 1. The lowest BCUT2D eigenvalue weighted by Crippen LogP contribution is -2.29. The number of likely N-dealkylation sites (N-methyl/N-ethyl adjacent to an activating group) is 2. The van der Waals surface area contributed by atoms with Gasteiger partial charge in [0.05, 0.1) is 7.11 Å². The molecule has 0 heterocycles. The lowest BCUT2D eigenvalue weighted by molar-refractivity contribution is 0.104. The van der Waals surface area contributed by atoms with Crippen LogP contribution in [0.15, 0.2) is 60.7 Å². The van der Waals surface area contributed by atoms with E-state index in [1.165, 1.54) is 11.1 Å². The second-order valence-corrected chi connectivity index (χ2v) is 10.3. The number of ketones is 1. The largest absolute Gasteiger partial charge is 0.497 e. The van der Waals surface area contributed by atoms with Crippen molar-refractivity contribution in [2.24, 2.45) is 0 Å². The number of rotatable bonds is 11. The van der Waals surface area contributed by atoms with Crippen LogP contribution in [-0.4, -0.2) is 71.0 Å². The lowest BCUT2D eigenvalue weighted by Gasteiger charge is -2.24. The van der Waals surface area contributed by atoms with Gasteiger partial charge in [0, 0.05) is 37.9 Å². The van der Waals surface area contributed by atoms with Gasteiger partial charge in [0.2, 0.25) is 0 Å². The Bertz CT molecular complexity index is 1240. The molecule has 5 heteroatoms. The SMILES string of the molecule is COc1ccc(/C=C/C(=O)c2cc(-c3cc(C)cc(C)c3)ccc2N(C)CCN(C)C)c(CN(C)C)c1. The molecule has 3 aromatic carbocycles. The highest BCUT2D eigenvalue weighted by atomic mass is 16.5. The first kappa shape index (κ1) is 28.2. The van der Waals surface area contributed by atoms with Gasteiger partial charge < -0.3 is 19.4 Å². The molecule has 0 radical (unpaired) electrons. The maximum Gasteiger partial charge on any atom is 0.187 e. The standard InChI is InChI=1S/C32H41N3O2/c1-23-17-24(2)19-27(18-23)26-10-13-31(35(7)16-15-33(3)4)30(21-26)32(36)14-11-25-9-12-29(37-8)20-28(25)22-34(5)6/h9-14,17-21H,15-16,22H2,1-8H3/b14-11+. The van der Waals surface area contributed by atoms with Crippen LogP contribution in [-0.2, 0) is 6.54 Å². The third-order valence-electron chi connectivity index (χ3n) is 6.36. The summed E-state index contributed by atoms with van der Waals surface area (Å²) in [5.41, 5.74) is 8.36. The van der Waals surface area contributed by atoms with E-state index in [2.05, 4.69) is 80.0 Å². The summed E-state index contributed by atoms with van der Waals surface area (Å²) in [4.78, 5) is 20.1. The van der Waals surface area contributed by atoms with Gasteiger partial charge in [-0.25, -0.2) is 0 Å². The Morgan fingerprint density at radius 3 is 2.14 bits per heavy atom. The van der Waals surface area contributed by atoms with E-state index in [1.807, 2.05) is 44.4 Å². The Labute approximate surface area is 223 Å². The number of aryl methyl sites for hydroxylation is 2. The average Bonchev–Trinajstić information content (AvgIpc) is 2.84. The summed E-state index contributed by atoms with van der Waals surface area (Å²) in [6, 6.07) is 18.7. The number of nitrogens with zero attached hydrogens (tertiary/aromatic N) is 3. The second kappa shape index (κ2) is 12.7. The van der Waals surface area contributed by atoms with Crippen molar-refractivity contribution in [2.75, 3.05) is 60.3 Å². The molecule has 0 aliphatic rings. The van der Waals surface area contributed by atoms with Crippen molar-refractivity contribution in [1.29, 1.82) is 0 Å². The van der Waals surface area contributed by atoms with E-state index in [0.29, 0.717) is 5.56 Å². The van der Waals surface area contributed by atoms with Crippen molar-refractivity contribution < 1.29 is 9.53 Å². The number of hydrogen-bond acceptors (Lipinski definition) is 5. The minimum atomic E-state index is -0.00968. The molecule has 0 fully saturated rings. The van der Waals surface area contributed by atoms with Crippen LogP contribution in [0.1, 0.15) is 32.6 Å². The molecule has 0 bridgehead atoms. The van der Waals surface area contributed by atoms with Crippen molar-refractivity contribution in [1.82, 2.24) is 9.80 Å². The molecule has 0 aliphatic carbocycles. The topological polar surface area (TPSA) is 36.0 Å². The first-order valence-electron chi connectivity index (χ1n) is 12.7. The van der Waals surface area contributed by atoms with Gasteiger partial charge in [-0.2, -0.15) is 0 Å². The van der Waals surface area contributed by atoms with Crippen molar-refractivity contribution in [3.8, 4) is 16.9 Å². The molecule has 0 saturated carbocycles. The van der Waals surface area contributed by atoms with E-state index in [9.17, 15) is 4.79 Å². The van der Waals surface area contributed by atoms with Crippen molar-refractivity contribution in [2.45, 2.75) is 20.4 Å². The summed E-state index contributed by atoms with van der Waals surface area (Å²) in [5, 5.41) is 0. The number of ether oxygens (including phenoxy) is 1. The van der Waals surface area contributed by atoms with E-state index < -0.39 is 0 Å². The fraction of sp³-hybridized carbons (Fsp3) is 0.344. The Morgan fingerprint density at radius 2 is 1.51 bits per heavy atom. The summed E-state index contributed by atoms with van der Waals surface area (Å²) in [6.07, 6.45) is 3.62. The quantitative estimate of drug-likeness (QED) is 0.241. The molecule has 0 saturated heterocycles. The zero-order valence-corrected chi connectivity index (χ0v) is 23.6. The first-order chi connectivity index (χ1) is 17.6. The van der Waals surface area contributed by atoms with Gasteiger partial charge in [0.1, 0.15) is 5.75 Å². The minimum absolute atomic E-state index is 0.00968. The molecule has 0 unspecified atom stereocenters. The van der Waals surface area contributed by atoms with Crippen molar-refractivity contribution in [3.63, 3.8) is 0 Å². The number of benzene rings is 3. The van der Waals surface area contributed by atoms with Crippen molar-refractivity contribution in [3.05, 3.63) is 88.5 Å². The van der Waals surface area contributed by atoms with Gasteiger partial charge in [-0.15, -0.1) is 0 Å². The van der Waals surface area contributed by atoms with Crippen LogP contribution in [0.4, 0.5) is 5.69 Å². The summed E-state index contributed by atoms with van der Waals surface area (Å²) in [5.74, 6) is 0.802. The van der Waals surface area contributed by atoms with E-state index in [4.69, 9.17) is 4.74 Å². The lowest BCUT2D eigenvalue weighted by atomic mass is 9.96. The molecule has 5 nitrogen and oxygen atoms in total. The molecule has 0 aromatic heterocycles. The Balaban J connectivity index is 2.02. The summed E-state index contributed by atoms with van der Waals surface area (Å²) in [7, 11) is 11.9. The minimum Gasteiger partial charge on any atom is -0.497 e. The first-order valence-corrected chi connectivity index (χ1v) is 12.7. The number of carbonyl (C=O) groups is 1. The fourth-order valence-corrected chi connectivity index (χ4v) is 4.46. The highest BCUT2D eigenvalue weighted by Gasteiger charge is 2.15. The molecule has 37 heavy (non-hydrogen) atoms. The molecule has 0 spiro atoms. The van der Waals surface area contributed by atoms with Crippen molar-refractivity contribution >= 4 is 17.5 Å². The molecule has 3 aromatic rings. The van der Waals surface area contributed by atoms with Crippen LogP contribution >= 0.6 is 0 Å². The molecule has 0 atom stereocenters. The monoisotopic (exact) mass is 499 g/mol. The van der Waals surface area contributed by atoms with Gasteiger partial charge in [-0.05, 0) is 94.6 Å². The van der Waals surface area contributed by atoms with Crippen LogP contribution < -0.4 is 9.64 Å². The van der Waals surface area contributed by atoms with Gasteiger partial charge in [-0.3, -0.25) is 4.79 Å². The third-order valence-corrected chi connectivity index (χ3v) is 6.36. The maximum absolute atomic E-state index is 13.7. The predicted molar refractivity (Wildman–Crippen MR) is 157 cm³/mol. The van der Waals surface area contributed by atoms with Crippen LogP contribution in [0.25, 0.3) is 17.2 Å². The third kappa shape index (κ3) is 7.78. The predicted octanol–water partition coefficient (Wildman–Crippen LogP) is 5.93. The van der Waals surface area contributed by atoms with E-state index in [1.54, 1.807) is 13.2 Å². The second-order valence-electron chi connectivity index (χ2n) is 10.3. The summed E-state index contributed by atoms with van der Waals surface area (Å²) in [6.45, 7) is 6.69. The molecule has 0 N–H and O–H groups in total. The molecular formula is C32H41N3O2. The zero-order valence-electron chi connectivity index (χ0n) is 23.6. The number of anilines is 1. The van der Waals surface area contributed by atoms with Crippen LogP contribution in [0.2, 0.25) is 0 Å².